The highest BCUT2D eigenvalue weighted by molar-refractivity contribution is 7.91. The van der Waals surface area contributed by atoms with E-state index in [4.69, 9.17) is 0 Å². The van der Waals surface area contributed by atoms with E-state index in [9.17, 15) is 26.4 Å². The zero-order valence-electron chi connectivity index (χ0n) is 14.9. The van der Waals surface area contributed by atoms with Crippen LogP contribution in [0.4, 0.5) is 13.2 Å². The molecule has 2 aromatic rings. The summed E-state index contributed by atoms with van der Waals surface area (Å²) in [5.74, 6) is -0.446. The van der Waals surface area contributed by atoms with Gasteiger partial charge in [-0.3, -0.25) is 4.79 Å². The van der Waals surface area contributed by atoms with Gasteiger partial charge in [-0.25, -0.2) is 8.42 Å². The van der Waals surface area contributed by atoms with Crippen molar-refractivity contribution in [3.63, 3.8) is 0 Å². The number of hydrogen-bond acceptors (Lipinski definition) is 6. The lowest BCUT2D eigenvalue weighted by Crippen LogP contribution is -2.42. The maximum absolute atomic E-state index is 12.8. The predicted molar refractivity (Wildman–Crippen MR) is 92.7 cm³/mol. The second kappa shape index (κ2) is 7.49. The lowest BCUT2D eigenvalue weighted by molar-refractivity contribution is -0.137. The van der Waals surface area contributed by atoms with Crippen LogP contribution in [0.25, 0.3) is 11.4 Å². The van der Waals surface area contributed by atoms with Crippen LogP contribution in [0.15, 0.2) is 24.3 Å². The third-order valence-corrected chi connectivity index (χ3v) is 6.24. The highest BCUT2D eigenvalue weighted by Gasteiger charge is 2.34. The topological polar surface area (TPSA) is 98.1 Å². The molecule has 1 fully saturated rings. The lowest BCUT2D eigenvalue weighted by atomic mass is 10.1. The summed E-state index contributed by atoms with van der Waals surface area (Å²) in [6.07, 6.45) is -4.12. The van der Waals surface area contributed by atoms with Crippen molar-refractivity contribution in [3.05, 3.63) is 29.8 Å². The smallest absolute Gasteiger partial charge is 0.337 e. The Morgan fingerprint density at radius 2 is 2.11 bits per heavy atom. The Morgan fingerprint density at radius 3 is 2.71 bits per heavy atom. The van der Waals surface area contributed by atoms with Crippen molar-refractivity contribution in [3.8, 4) is 11.4 Å². The van der Waals surface area contributed by atoms with E-state index < -0.39 is 27.6 Å². The molecular formula is C16H18F3N5O3S. The summed E-state index contributed by atoms with van der Waals surface area (Å²) in [5.41, 5.74) is -0.709. The molecule has 1 aliphatic heterocycles. The molecule has 1 saturated heterocycles. The van der Waals surface area contributed by atoms with Gasteiger partial charge in [-0.15, -0.1) is 10.2 Å². The molecule has 8 nitrogen and oxygen atoms in total. The summed E-state index contributed by atoms with van der Waals surface area (Å²) in [4.78, 5) is 15.0. The Kier molecular flexibility index (Phi) is 5.41. The lowest BCUT2D eigenvalue weighted by Gasteiger charge is -2.26. The third kappa shape index (κ3) is 4.49. The van der Waals surface area contributed by atoms with Gasteiger partial charge in [0.25, 0.3) is 0 Å². The zero-order valence-corrected chi connectivity index (χ0v) is 15.7. The molecule has 1 aromatic heterocycles. The van der Waals surface area contributed by atoms with E-state index in [1.54, 1.807) is 6.92 Å². The maximum Gasteiger partial charge on any atom is 0.416 e. The van der Waals surface area contributed by atoms with E-state index >= 15 is 0 Å². The van der Waals surface area contributed by atoms with E-state index in [0.717, 1.165) is 16.9 Å². The molecule has 2 heterocycles. The van der Waals surface area contributed by atoms with E-state index in [1.165, 1.54) is 17.0 Å². The molecule has 0 N–H and O–H groups in total. The number of nitrogens with zero attached hydrogens (tertiary/aromatic N) is 5. The molecular weight excluding hydrogens is 399 g/mol. The molecule has 28 heavy (non-hydrogen) atoms. The first-order valence-corrected chi connectivity index (χ1v) is 10.4. The maximum atomic E-state index is 12.8. The number of halogens is 3. The molecule has 152 valence electrons. The van der Waals surface area contributed by atoms with Gasteiger partial charge in [-0.1, -0.05) is 12.1 Å². The summed E-state index contributed by atoms with van der Waals surface area (Å²) < 4.78 is 61.8. The minimum atomic E-state index is -4.49. The third-order valence-electron chi connectivity index (χ3n) is 4.49. The molecule has 3 rings (SSSR count). The Labute approximate surface area is 159 Å². The largest absolute Gasteiger partial charge is 0.416 e. The van der Waals surface area contributed by atoms with Crippen molar-refractivity contribution >= 4 is 15.7 Å². The predicted octanol–water partition coefficient (Wildman–Crippen LogP) is 1.39. The van der Waals surface area contributed by atoms with Crippen molar-refractivity contribution in [2.75, 3.05) is 18.1 Å². The summed E-state index contributed by atoms with van der Waals surface area (Å²) in [5, 5.41) is 11.4. The SMILES string of the molecule is CCN(C(=O)Cn1nnc(-c2cccc(C(F)(F)F)c2)n1)[C@@H]1CCS(=O)(=O)C1. The van der Waals surface area contributed by atoms with Gasteiger partial charge in [0.2, 0.25) is 11.7 Å². The van der Waals surface area contributed by atoms with Crippen LogP contribution in [0.3, 0.4) is 0 Å². The molecule has 0 bridgehead atoms. The van der Waals surface area contributed by atoms with Crippen molar-refractivity contribution in [1.29, 1.82) is 0 Å². The van der Waals surface area contributed by atoms with Crippen LogP contribution in [0.5, 0.6) is 0 Å². The first-order chi connectivity index (χ1) is 13.1. The summed E-state index contributed by atoms with van der Waals surface area (Å²) in [6.45, 7) is 1.79. The Hall–Kier alpha value is -2.50. The average Bonchev–Trinajstić information content (AvgIpc) is 3.21. The number of benzene rings is 1. The molecule has 1 aliphatic rings. The van der Waals surface area contributed by atoms with Crippen LogP contribution in [0.1, 0.15) is 18.9 Å². The number of sulfone groups is 1. The minimum Gasteiger partial charge on any atom is -0.337 e. The number of hydrogen-bond donors (Lipinski definition) is 0. The van der Waals surface area contributed by atoms with Crippen molar-refractivity contribution < 1.29 is 26.4 Å². The number of rotatable bonds is 5. The molecule has 12 heteroatoms. The fraction of sp³-hybridized carbons (Fsp3) is 0.500. The standard InChI is InChI=1S/C16H18F3N5O3S/c1-2-23(13-6-7-28(26,27)10-13)14(25)9-24-21-15(20-22-24)11-4-3-5-12(8-11)16(17,18)19/h3-5,8,13H,2,6-7,9-10H2,1H3/t13-/m1/s1. The Morgan fingerprint density at radius 1 is 1.36 bits per heavy atom. The second-order valence-corrected chi connectivity index (χ2v) is 8.69. The first kappa shape index (κ1) is 20.2. The van der Waals surface area contributed by atoms with Crippen molar-refractivity contribution in [2.45, 2.75) is 32.1 Å². The van der Waals surface area contributed by atoms with Gasteiger partial charge in [0.05, 0.1) is 17.1 Å². The molecule has 1 aromatic carbocycles. The number of aromatic nitrogens is 4. The van der Waals surface area contributed by atoms with Gasteiger partial charge in [0.1, 0.15) is 6.54 Å². The second-order valence-electron chi connectivity index (χ2n) is 6.46. The van der Waals surface area contributed by atoms with E-state index in [1.807, 2.05) is 0 Å². The number of alkyl halides is 3. The fourth-order valence-corrected chi connectivity index (χ4v) is 4.86. The van der Waals surface area contributed by atoms with Crippen LogP contribution >= 0.6 is 0 Å². The van der Waals surface area contributed by atoms with Gasteiger partial charge in [0, 0.05) is 18.2 Å². The van der Waals surface area contributed by atoms with Crippen LogP contribution < -0.4 is 0 Å². The normalized spacial score (nSPS) is 18.9. The van der Waals surface area contributed by atoms with Crippen LogP contribution in [0, 0.1) is 0 Å². The fourth-order valence-electron chi connectivity index (χ4n) is 3.13. The van der Waals surface area contributed by atoms with Gasteiger partial charge in [-0.2, -0.15) is 18.0 Å². The van der Waals surface area contributed by atoms with Gasteiger partial charge < -0.3 is 4.90 Å². The van der Waals surface area contributed by atoms with Crippen molar-refractivity contribution in [1.82, 2.24) is 25.1 Å². The number of likely N-dealkylation sites (N-methyl/N-ethyl adjacent to an activating group) is 1. The van der Waals surface area contributed by atoms with Crippen molar-refractivity contribution in [2.24, 2.45) is 0 Å². The number of carbonyl (C=O) groups is 1. The summed E-state index contributed by atoms with van der Waals surface area (Å²) >= 11 is 0. The molecule has 1 amide bonds. The monoisotopic (exact) mass is 417 g/mol. The van der Waals surface area contributed by atoms with Crippen LogP contribution in [-0.2, 0) is 27.4 Å². The van der Waals surface area contributed by atoms with Crippen LogP contribution in [-0.4, -0.2) is 63.5 Å². The molecule has 0 spiro atoms. The average molecular weight is 417 g/mol. The van der Waals surface area contributed by atoms with Gasteiger partial charge >= 0.3 is 6.18 Å². The Balaban J connectivity index is 1.73. The van der Waals surface area contributed by atoms with Crippen LogP contribution in [0.2, 0.25) is 0 Å². The Bertz CT molecular complexity index is 974. The zero-order chi connectivity index (χ0) is 20.5. The van der Waals surface area contributed by atoms with E-state index in [-0.39, 0.29) is 35.3 Å². The summed E-state index contributed by atoms with van der Waals surface area (Å²) in [6, 6.07) is 4.11. The molecule has 0 saturated carbocycles. The molecule has 0 aliphatic carbocycles. The number of carbonyl (C=O) groups excluding carboxylic acids is 1. The molecule has 0 radical (unpaired) electrons. The highest BCUT2D eigenvalue weighted by atomic mass is 32.2. The van der Waals surface area contributed by atoms with Gasteiger partial charge in [-0.05, 0) is 30.7 Å². The quantitative estimate of drug-likeness (QED) is 0.729. The molecule has 1 atom stereocenters. The molecule has 0 unspecified atom stereocenters. The number of amides is 1. The summed E-state index contributed by atoms with van der Waals surface area (Å²) in [7, 11) is -3.14. The van der Waals surface area contributed by atoms with E-state index in [0.29, 0.717) is 13.0 Å². The highest BCUT2D eigenvalue weighted by Crippen LogP contribution is 2.31. The van der Waals surface area contributed by atoms with Gasteiger partial charge in [0.15, 0.2) is 9.84 Å². The first-order valence-electron chi connectivity index (χ1n) is 8.54. The van der Waals surface area contributed by atoms with E-state index in [2.05, 4.69) is 15.4 Å². The number of tetrazole rings is 1. The minimum absolute atomic E-state index is 0.0367.